The molecule has 152 valence electrons. The number of hydrogen-bond acceptors (Lipinski definition) is 6. The molecule has 1 saturated heterocycles. The molecule has 30 heavy (non-hydrogen) atoms. The van der Waals surface area contributed by atoms with Crippen molar-refractivity contribution < 1.29 is 18.7 Å². The predicted octanol–water partition coefficient (Wildman–Crippen LogP) is 3.38. The van der Waals surface area contributed by atoms with Crippen LogP contribution >= 0.6 is 23.1 Å². The lowest BCUT2D eigenvalue weighted by atomic mass is 9.83. The van der Waals surface area contributed by atoms with Crippen LogP contribution < -0.4 is 14.5 Å². The zero-order valence-corrected chi connectivity index (χ0v) is 17.3. The Balaban J connectivity index is 1.63. The van der Waals surface area contributed by atoms with Gasteiger partial charge in [-0.3, -0.25) is 14.4 Å². The Morgan fingerprint density at radius 3 is 2.37 bits per heavy atom. The Hall–Kier alpha value is -2.91. The van der Waals surface area contributed by atoms with Gasteiger partial charge in [-0.15, -0.1) is 0 Å². The first-order valence-electron chi connectivity index (χ1n) is 9.15. The van der Waals surface area contributed by atoms with Crippen molar-refractivity contribution in [1.82, 2.24) is 4.98 Å². The number of thiazole rings is 1. The van der Waals surface area contributed by atoms with Gasteiger partial charge in [0.05, 0.1) is 23.7 Å². The van der Waals surface area contributed by atoms with Crippen molar-refractivity contribution in [3.8, 4) is 5.75 Å². The van der Waals surface area contributed by atoms with Gasteiger partial charge in [-0.1, -0.05) is 35.2 Å². The van der Waals surface area contributed by atoms with E-state index in [1.54, 1.807) is 19.2 Å². The lowest BCUT2D eigenvalue weighted by Gasteiger charge is -2.29. The van der Waals surface area contributed by atoms with Crippen LogP contribution in [0, 0.1) is 11.7 Å². The fourth-order valence-electron chi connectivity index (χ4n) is 4.03. The number of ether oxygens (including phenoxy) is 1. The molecule has 0 aliphatic carbocycles. The summed E-state index contributed by atoms with van der Waals surface area (Å²) in [7, 11) is 1.57. The Labute approximate surface area is 178 Å². The number of imide groups is 1. The van der Waals surface area contributed by atoms with Gasteiger partial charge in [0, 0.05) is 10.8 Å². The number of carbonyl (C=O) groups excluding carboxylic acids is 2. The quantitative estimate of drug-likeness (QED) is 0.629. The molecule has 1 fully saturated rings. The first-order chi connectivity index (χ1) is 14.5. The topological polar surface area (TPSA) is 79.5 Å². The molecule has 9 heteroatoms. The highest BCUT2D eigenvalue weighted by Gasteiger charge is 2.56. The molecule has 3 heterocycles. The second-order valence-electron chi connectivity index (χ2n) is 7.01. The number of hydrogen-bond donors (Lipinski definition) is 1. The van der Waals surface area contributed by atoms with E-state index in [-0.39, 0.29) is 16.7 Å². The van der Waals surface area contributed by atoms with E-state index in [1.807, 2.05) is 12.1 Å². The third-order valence-electron chi connectivity index (χ3n) is 5.38. The van der Waals surface area contributed by atoms with Crippen LogP contribution in [0.3, 0.4) is 0 Å². The number of thioether (sulfide) groups is 1. The van der Waals surface area contributed by atoms with Crippen LogP contribution in [0.15, 0.2) is 58.4 Å². The number of halogens is 1. The maximum atomic E-state index is 13.4. The standard InChI is InChI=1S/C21H15FN2O4S2/c1-28-13-8-2-10(3-9-13)14-15-17(29-18-16(14)30-21(27)23-18)20(26)24(19(15)25)12-6-4-11(22)5-7-12/h2-9,14-15,17H,1H3,(H,23,27)/t14-,15-,17+/m0/s1. The molecule has 3 aromatic rings. The summed E-state index contributed by atoms with van der Waals surface area (Å²) in [4.78, 5) is 43.2. The molecule has 6 nitrogen and oxygen atoms in total. The van der Waals surface area contributed by atoms with E-state index in [2.05, 4.69) is 4.98 Å². The molecular formula is C21H15FN2O4S2. The van der Waals surface area contributed by atoms with Crippen LogP contribution in [0.5, 0.6) is 5.75 Å². The third kappa shape index (κ3) is 2.88. The maximum absolute atomic E-state index is 13.4. The largest absolute Gasteiger partial charge is 0.497 e. The zero-order valence-electron chi connectivity index (χ0n) is 15.6. The van der Waals surface area contributed by atoms with E-state index in [4.69, 9.17) is 4.74 Å². The second kappa shape index (κ2) is 7.10. The number of benzene rings is 2. The fourth-order valence-corrected chi connectivity index (χ4v) is 6.55. The number of H-pyrrole nitrogens is 1. The SMILES string of the molecule is COc1ccc([C@@H]2c3sc(=O)[nH]c3S[C@H]3C(=O)N(c4ccc(F)cc4)C(=O)[C@@H]23)cc1. The van der Waals surface area contributed by atoms with Gasteiger partial charge >= 0.3 is 4.87 Å². The van der Waals surface area contributed by atoms with Gasteiger partial charge in [-0.25, -0.2) is 9.29 Å². The molecule has 2 amide bonds. The molecule has 0 bridgehead atoms. The normalized spacial score (nSPS) is 22.7. The van der Waals surface area contributed by atoms with Gasteiger partial charge in [-0.2, -0.15) is 0 Å². The number of carbonyl (C=O) groups is 2. The Bertz CT molecular complexity index is 1200. The average Bonchev–Trinajstić information content (AvgIpc) is 3.24. The molecule has 2 aromatic carbocycles. The number of aromatic amines is 1. The van der Waals surface area contributed by atoms with Crippen molar-refractivity contribution >= 4 is 40.6 Å². The zero-order chi connectivity index (χ0) is 21.0. The highest BCUT2D eigenvalue weighted by Crippen LogP contribution is 2.53. The monoisotopic (exact) mass is 442 g/mol. The van der Waals surface area contributed by atoms with E-state index >= 15 is 0 Å². The first-order valence-corrected chi connectivity index (χ1v) is 10.8. The number of nitrogens with zero attached hydrogens (tertiary/aromatic N) is 1. The Morgan fingerprint density at radius 2 is 1.70 bits per heavy atom. The molecule has 2 aliphatic heterocycles. The number of aromatic nitrogens is 1. The van der Waals surface area contributed by atoms with Crippen molar-refractivity contribution in [3.05, 3.63) is 74.5 Å². The predicted molar refractivity (Wildman–Crippen MR) is 112 cm³/mol. The van der Waals surface area contributed by atoms with Crippen LogP contribution in [0.4, 0.5) is 10.1 Å². The minimum atomic E-state index is -0.674. The summed E-state index contributed by atoms with van der Waals surface area (Å²) in [6, 6.07) is 12.6. The molecule has 1 aromatic heterocycles. The third-order valence-corrected chi connectivity index (χ3v) is 7.78. The van der Waals surface area contributed by atoms with E-state index < -0.39 is 22.9 Å². The highest BCUT2D eigenvalue weighted by molar-refractivity contribution is 8.00. The molecular weight excluding hydrogens is 427 g/mol. The lowest BCUT2D eigenvalue weighted by Crippen LogP contribution is -2.32. The summed E-state index contributed by atoms with van der Waals surface area (Å²) in [5.41, 5.74) is 1.16. The van der Waals surface area contributed by atoms with Gasteiger partial charge in [0.25, 0.3) is 0 Å². The first kappa shape index (κ1) is 19.1. The van der Waals surface area contributed by atoms with E-state index in [0.717, 1.165) is 26.7 Å². The molecule has 0 unspecified atom stereocenters. The second-order valence-corrected chi connectivity index (χ2v) is 9.18. The van der Waals surface area contributed by atoms with Crippen LogP contribution in [0.1, 0.15) is 16.4 Å². The van der Waals surface area contributed by atoms with Crippen molar-refractivity contribution in [2.24, 2.45) is 5.92 Å². The summed E-state index contributed by atoms with van der Waals surface area (Å²) in [5.74, 6) is -1.60. The van der Waals surface area contributed by atoms with E-state index in [0.29, 0.717) is 16.5 Å². The van der Waals surface area contributed by atoms with Gasteiger partial charge in [0.1, 0.15) is 16.8 Å². The smallest absolute Gasteiger partial charge is 0.305 e. The number of amides is 2. The van der Waals surface area contributed by atoms with Crippen molar-refractivity contribution in [2.75, 3.05) is 12.0 Å². The molecule has 5 rings (SSSR count). The molecule has 2 aliphatic rings. The van der Waals surface area contributed by atoms with Crippen LogP contribution in [-0.4, -0.2) is 29.2 Å². The molecule has 0 saturated carbocycles. The summed E-state index contributed by atoms with van der Waals surface area (Å²) in [6.45, 7) is 0. The van der Waals surface area contributed by atoms with Gasteiger partial charge in [0.2, 0.25) is 11.8 Å². The van der Waals surface area contributed by atoms with Crippen LogP contribution in [-0.2, 0) is 9.59 Å². The van der Waals surface area contributed by atoms with Gasteiger partial charge in [-0.05, 0) is 42.0 Å². The van der Waals surface area contributed by atoms with E-state index in [9.17, 15) is 18.8 Å². The van der Waals surface area contributed by atoms with Crippen molar-refractivity contribution in [2.45, 2.75) is 16.2 Å². The number of rotatable bonds is 3. The Kier molecular flexibility index (Phi) is 4.52. The van der Waals surface area contributed by atoms with Crippen LogP contribution in [0.2, 0.25) is 0 Å². The summed E-state index contributed by atoms with van der Waals surface area (Å²) >= 11 is 2.27. The molecule has 3 atom stereocenters. The van der Waals surface area contributed by atoms with Crippen molar-refractivity contribution in [3.63, 3.8) is 0 Å². The average molecular weight is 442 g/mol. The Morgan fingerprint density at radius 1 is 1.00 bits per heavy atom. The highest BCUT2D eigenvalue weighted by atomic mass is 32.2. The number of fused-ring (bicyclic) bond motifs is 2. The van der Waals surface area contributed by atoms with Crippen LogP contribution in [0.25, 0.3) is 0 Å². The molecule has 1 N–H and O–H groups in total. The minimum Gasteiger partial charge on any atom is -0.497 e. The molecule has 0 radical (unpaired) electrons. The number of nitrogens with one attached hydrogen (secondary N) is 1. The maximum Gasteiger partial charge on any atom is 0.305 e. The fraction of sp³-hybridized carbons (Fsp3) is 0.190. The van der Waals surface area contributed by atoms with Crippen molar-refractivity contribution in [1.29, 1.82) is 0 Å². The minimum absolute atomic E-state index is 0.221. The number of methoxy groups -OCH3 is 1. The van der Waals surface area contributed by atoms with Gasteiger partial charge < -0.3 is 9.72 Å². The summed E-state index contributed by atoms with van der Waals surface area (Å²) < 4.78 is 18.6. The summed E-state index contributed by atoms with van der Waals surface area (Å²) in [5, 5.41) is -0.0541. The van der Waals surface area contributed by atoms with E-state index in [1.165, 1.54) is 36.0 Å². The molecule has 0 spiro atoms. The summed E-state index contributed by atoms with van der Waals surface area (Å²) in [6.07, 6.45) is 0. The lowest BCUT2D eigenvalue weighted by molar-refractivity contribution is -0.122. The van der Waals surface area contributed by atoms with Gasteiger partial charge in [0.15, 0.2) is 0 Å². The number of anilines is 1.